The fourth-order valence-electron chi connectivity index (χ4n) is 3.47. The fourth-order valence-corrected chi connectivity index (χ4v) is 3.47. The lowest BCUT2D eigenvalue weighted by Gasteiger charge is -2.24. The van der Waals surface area contributed by atoms with Gasteiger partial charge in [0, 0.05) is 25.4 Å². The second kappa shape index (κ2) is 6.76. The smallest absolute Gasteiger partial charge is 0.255 e. The van der Waals surface area contributed by atoms with Gasteiger partial charge in [-0.25, -0.2) is 9.50 Å². The second-order valence-electron chi connectivity index (χ2n) is 6.50. The van der Waals surface area contributed by atoms with E-state index in [2.05, 4.69) is 10.1 Å². The van der Waals surface area contributed by atoms with Crippen molar-refractivity contribution in [2.45, 2.75) is 18.9 Å². The maximum atomic E-state index is 13.0. The summed E-state index contributed by atoms with van der Waals surface area (Å²) in [6.45, 7) is 1.28. The lowest BCUT2D eigenvalue weighted by molar-refractivity contribution is 0.0630. The van der Waals surface area contributed by atoms with E-state index in [0.717, 1.165) is 24.9 Å². The maximum absolute atomic E-state index is 13.0. The highest BCUT2D eigenvalue weighted by atomic mass is 16.5. The summed E-state index contributed by atoms with van der Waals surface area (Å²) in [5.41, 5.74) is 8.57. The van der Waals surface area contributed by atoms with Crippen LogP contribution in [0.25, 0.3) is 17.0 Å². The van der Waals surface area contributed by atoms with Crippen LogP contribution in [0, 0.1) is 0 Å². The average Bonchev–Trinajstić information content (AvgIpc) is 3.29. The van der Waals surface area contributed by atoms with E-state index in [1.54, 1.807) is 23.9 Å². The summed E-state index contributed by atoms with van der Waals surface area (Å²) in [6, 6.07) is 11.5. The standard InChI is InChI=1S/C19H21N5O2/c1-26-12-15-8-5-9-23(15)19(25)14-10-16(20)18-21-17(22-24(18)11-14)13-6-3-2-4-7-13/h2-4,6-7,10-11,15H,5,8-9,12,20H2,1H3/t15-/m0/s1. The quantitative estimate of drug-likeness (QED) is 0.779. The molecule has 1 saturated heterocycles. The number of carbonyl (C=O) groups excluding carboxylic acids is 1. The molecule has 2 aromatic heterocycles. The summed E-state index contributed by atoms with van der Waals surface area (Å²) < 4.78 is 6.83. The minimum Gasteiger partial charge on any atom is -0.396 e. The topological polar surface area (TPSA) is 85.8 Å². The number of nitrogens with zero attached hydrogens (tertiary/aromatic N) is 4. The Labute approximate surface area is 151 Å². The molecule has 0 saturated carbocycles. The summed E-state index contributed by atoms with van der Waals surface area (Å²) in [5.74, 6) is 0.537. The van der Waals surface area contributed by atoms with Gasteiger partial charge < -0.3 is 15.4 Å². The molecule has 134 valence electrons. The number of fused-ring (bicyclic) bond motifs is 1. The highest BCUT2D eigenvalue weighted by molar-refractivity contribution is 5.96. The van der Waals surface area contributed by atoms with E-state index in [4.69, 9.17) is 10.5 Å². The highest BCUT2D eigenvalue weighted by Crippen LogP contribution is 2.24. The van der Waals surface area contributed by atoms with Gasteiger partial charge in [-0.05, 0) is 18.9 Å². The first-order chi connectivity index (χ1) is 12.7. The molecule has 1 amide bonds. The Balaban J connectivity index is 1.69. The number of anilines is 1. The van der Waals surface area contributed by atoms with Gasteiger partial charge in [0.15, 0.2) is 11.5 Å². The van der Waals surface area contributed by atoms with E-state index in [-0.39, 0.29) is 11.9 Å². The van der Waals surface area contributed by atoms with Gasteiger partial charge in [0.05, 0.1) is 23.9 Å². The van der Waals surface area contributed by atoms with E-state index in [0.29, 0.717) is 29.3 Å². The predicted molar refractivity (Wildman–Crippen MR) is 98.8 cm³/mol. The van der Waals surface area contributed by atoms with Crippen LogP contribution in [-0.2, 0) is 4.74 Å². The molecule has 0 bridgehead atoms. The highest BCUT2D eigenvalue weighted by Gasteiger charge is 2.30. The molecule has 7 nitrogen and oxygen atoms in total. The molecule has 1 aliphatic rings. The molecule has 0 aliphatic carbocycles. The number of carbonyl (C=O) groups is 1. The van der Waals surface area contributed by atoms with Crippen molar-refractivity contribution in [3.8, 4) is 11.4 Å². The first-order valence-corrected chi connectivity index (χ1v) is 8.68. The molecule has 0 radical (unpaired) electrons. The molecule has 7 heteroatoms. The van der Waals surface area contributed by atoms with Gasteiger partial charge in [-0.15, -0.1) is 5.10 Å². The van der Waals surface area contributed by atoms with E-state index in [9.17, 15) is 4.79 Å². The van der Waals surface area contributed by atoms with Gasteiger partial charge in [0.1, 0.15) is 0 Å². The van der Waals surface area contributed by atoms with Crippen molar-refractivity contribution in [2.24, 2.45) is 0 Å². The Morgan fingerprint density at radius 2 is 2.15 bits per heavy atom. The third kappa shape index (κ3) is 2.90. The Morgan fingerprint density at radius 1 is 1.35 bits per heavy atom. The number of aromatic nitrogens is 3. The van der Waals surface area contributed by atoms with Gasteiger partial charge in [-0.1, -0.05) is 30.3 Å². The van der Waals surface area contributed by atoms with Crippen LogP contribution >= 0.6 is 0 Å². The van der Waals surface area contributed by atoms with Crippen LogP contribution in [0.1, 0.15) is 23.2 Å². The Bertz CT molecular complexity index is 938. The van der Waals surface area contributed by atoms with Crippen molar-refractivity contribution in [1.29, 1.82) is 0 Å². The number of hydrogen-bond acceptors (Lipinski definition) is 5. The summed E-state index contributed by atoms with van der Waals surface area (Å²) in [7, 11) is 1.66. The van der Waals surface area contributed by atoms with Gasteiger partial charge in [0.2, 0.25) is 0 Å². The number of rotatable bonds is 4. The number of amides is 1. The molecule has 2 N–H and O–H groups in total. The number of likely N-dealkylation sites (tertiary alicyclic amines) is 1. The number of hydrogen-bond donors (Lipinski definition) is 1. The van der Waals surface area contributed by atoms with Crippen molar-refractivity contribution in [1.82, 2.24) is 19.5 Å². The van der Waals surface area contributed by atoms with Crippen LogP contribution in [0.4, 0.5) is 5.69 Å². The van der Waals surface area contributed by atoms with Gasteiger partial charge in [0.25, 0.3) is 5.91 Å². The van der Waals surface area contributed by atoms with Gasteiger partial charge in [-0.3, -0.25) is 4.79 Å². The van der Waals surface area contributed by atoms with Gasteiger partial charge in [-0.2, -0.15) is 0 Å². The van der Waals surface area contributed by atoms with E-state index in [1.807, 2.05) is 35.2 Å². The molecule has 3 aromatic rings. The van der Waals surface area contributed by atoms with Crippen LogP contribution in [-0.4, -0.2) is 51.7 Å². The number of nitrogen functional groups attached to an aromatic ring is 1. The summed E-state index contributed by atoms with van der Waals surface area (Å²) in [6.07, 6.45) is 3.65. The van der Waals surface area contributed by atoms with Crippen molar-refractivity contribution < 1.29 is 9.53 Å². The fraction of sp³-hybridized carbons (Fsp3) is 0.316. The third-order valence-corrected chi connectivity index (χ3v) is 4.74. The van der Waals surface area contributed by atoms with Crippen molar-refractivity contribution in [3.63, 3.8) is 0 Å². The molecule has 1 fully saturated rings. The van der Waals surface area contributed by atoms with Crippen LogP contribution in [0.15, 0.2) is 42.6 Å². The molecule has 4 rings (SSSR count). The van der Waals surface area contributed by atoms with E-state index in [1.165, 1.54) is 0 Å². The zero-order valence-corrected chi connectivity index (χ0v) is 14.6. The van der Waals surface area contributed by atoms with Crippen LogP contribution in [0.2, 0.25) is 0 Å². The molecule has 3 heterocycles. The summed E-state index contributed by atoms with van der Waals surface area (Å²) in [5, 5.41) is 4.50. The first kappa shape index (κ1) is 16.5. The van der Waals surface area contributed by atoms with Crippen molar-refractivity contribution >= 4 is 17.2 Å². The number of pyridine rings is 1. The summed E-state index contributed by atoms with van der Waals surface area (Å²) >= 11 is 0. The van der Waals surface area contributed by atoms with Gasteiger partial charge >= 0.3 is 0 Å². The van der Waals surface area contributed by atoms with Crippen LogP contribution in [0.3, 0.4) is 0 Å². The number of ether oxygens (including phenoxy) is 1. The third-order valence-electron chi connectivity index (χ3n) is 4.74. The second-order valence-corrected chi connectivity index (χ2v) is 6.50. The van der Waals surface area contributed by atoms with Crippen molar-refractivity contribution in [3.05, 3.63) is 48.2 Å². The molecule has 26 heavy (non-hydrogen) atoms. The van der Waals surface area contributed by atoms with E-state index >= 15 is 0 Å². The molecule has 1 atom stereocenters. The van der Waals surface area contributed by atoms with Crippen molar-refractivity contribution in [2.75, 3.05) is 26.0 Å². The minimum atomic E-state index is -0.0464. The molecule has 0 spiro atoms. The number of methoxy groups -OCH3 is 1. The monoisotopic (exact) mass is 351 g/mol. The lowest BCUT2D eigenvalue weighted by Crippen LogP contribution is -2.38. The molecule has 1 aromatic carbocycles. The Hall–Kier alpha value is -2.93. The Kier molecular flexibility index (Phi) is 4.30. The number of benzene rings is 1. The van der Waals surface area contributed by atoms with Crippen LogP contribution < -0.4 is 5.73 Å². The zero-order valence-electron chi connectivity index (χ0n) is 14.6. The largest absolute Gasteiger partial charge is 0.396 e. The minimum absolute atomic E-state index is 0.0464. The van der Waals surface area contributed by atoms with E-state index < -0.39 is 0 Å². The molecular weight excluding hydrogens is 330 g/mol. The zero-order chi connectivity index (χ0) is 18.1. The van der Waals surface area contributed by atoms with Crippen LogP contribution in [0.5, 0.6) is 0 Å². The Morgan fingerprint density at radius 3 is 2.92 bits per heavy atom. The maximum Gasteiger partial charge on any atom is 0.255 e. The molecular formula is C19H21N5O2. The predicted octanol–water partition coefficient (Wildman–Crippen LogP) is 2.23. The average molecular weight is 351 g/mol. The number of nitrogens with two attached hydrogens (primary N) is 1. The first-order valence-electron chi connectivity index (χ1n) is 8.68. The summed E-state index contributed by atoms with van der Waals surface area (Å²) in [4.78, 5) is 19.3. The lowest BCUT2D eigenvalue weighted by atomic mass is 10.2. The molecule has 0 unspecified atom stereocenters. The SMILES string of the molecule is COC[C@@H]1CCCN1C(=O)c1cc(N)c2nc(-c3ccccc3)nn2c1. The normalized spacial score (nSPS) is 17.1. The molecule has 1 aliphatic heterocycles.